The van der Waals surface area contributed by atoms with Crippen LogP contribution in [0.25, 0.3) is 0 Å². The molecule has 21 heavy (non-hydrogen) atoms. The zero-order valence-electron chi connectivity index (χ0n) is 12.7. The number of Topliss-reactive ketones (excluding diaryl/α,β-unsaturated/α-hetero) is 1. The average molecular weight is 294 g/mol. The number of esters is 2. The van der Waals surface area contributed by atoms with E-state index in [0.29, 0.717) is 12.8 Å². The number of ketones is 1. The maximum atomic E-state index is 12.2. The number of rotatable bonds is 5. The van der Waals surface area contributed by atoms with Crippen LogP contribution < -0.4 is 0 Å². The van der Waals surface area contributed by atoms with Crippen molar-refractivity contribution in [3.8, 4) is 0 Å². The summed E-state index contributed by atoms with van der Waals surface area (Å²) in [4.78, 5) is 36.3. The van der Waals surface area contributed by atoms with E-state index in [9.17, 15) is 14.4 Å². The van der Waals surface area contributed by atoms with Gasteiger partial charge in [0.15, 0.2) is 0 Å². The van der Waals surface area contributed by atoms with E-state index in [0.717, 1.165) is 6.42 Å². The monoisotopic (exact) mass is 294 g/mol. The Bertz CT molecular complexity index is 485. The Balaban J connectivity index is 1.82. The molecule has 0 N–H and O–H groups in total. The fourth-order valence-corrected chi connectivity index (χ4v) is 4.24. The quantitative estimate of drug-likeness (QED) is 0.722. The van der Waals surface area contributed by atoms with Gasteiger partial charge in [-0.05, 0) is 12.8 Å². The molecule has 0 radical (unpaired) electrons. The Hall–Kier alpha value is -1.39. The van der Waals surface area contributed by atoms with Crippen molar-refractivity contribution >= 4 is 17.7 Å². The molecule has 1 heterocycles. The Morgan fingerprint density at radius 2 is 2.05 bits per heavy atom. The van der Waals surface area contributed by atoms with Crippen LogP contribution in [-0.4, -0.2) is 29.9 Å². The summed E-state index contributed by atoms with van der Waals surface area (Å²) in [5.74, 6) is -1.22. The number of ether oxygens (including phenoxy) is 2. The first-order valence-electron chi connectivity index (χ1n) is 7.93. The van der Waals surface area contributed by atoms with Gasteiger partial charge in [-0.15, -0.1) is 0 Å². The highest BCUT2D eigenvalue weighted by molar-refractivity contribution is 5.90. The topological polar surface area (TPSA) is 69.7 Å². The molecule has 5 nitrogen and oxygen atoms in total. The van der Waals surface area contributed by atoms with Crippen LogP contribution in [0.2, 0.25) is 0 Å². The lowest BCUT2D eigenvalue weighted by atomic mass is 9.75. The van der Waals surface area contributed by atoms with E-state index >= 15 is 0 Å². The summed E-state index contributed by atoms with van der Waals surface area (Å²) in [6, 6.07) is 0. The van der Waals surface area contributed by atoms with Crippen LogP contribution in [0.3, 0.4) is 0 Å². The maximum absolute atomic E-state index is 12.2. The lowest BCUT2D eigenvalue weighted by Gasteiger charge is -2.31. The largest absolute Gasteiger partial charge is 0.458 e. The summed E-state index contributed by atoms with van der Waals surface area (Å²) in [6.45, 7) is 5.57. The van der Waals surface area contributed by atoms with Crippen LogP contribution in [-0.2, 0) is 23.9 Å². The Kier molecular flexibility index (Phi) is 3.54. The van der Waals surface area contributed by atoms with Gasteiger partial charge in [-0.1, -0.05) is 20.8 Å². The maximum Gasteiger partial charge on any atom is 0.310 e. The minimum absolute atomic E-state index is 0.0445. The van der Waals surface area contributed by atoms with E-state index in [1.807, 2.05) is 20.8 Å². The standard InChI is InChI=1S/C16H22O5/c1-4-7(3)15(18)20-13-8-6-9-12(11(8)10(17)5-2)16(19)21-14(9)13/h7-9,11-14H,4-6H2,1-3H3/t7?,8?,9?,11?,12-,13?,14?/m1/s1. The highest BCUT2D eigenvalue weighted by Crippen LogP contribution is 2.59. The van der Waals surface area contributed by atoms with Gasteiger partial charge in [0.05, 0.1) is 11.8 Å². The zero-order valence-corrected chi connectivity index (χ0v) is 12.7. The molecule has 3 rings (SSSR count). The average Bonchev–Trinajstić information content (AvgIpc) is 3.08. The number of carbonyl (C=O) groups excluding carboxylic acids is 3. The zero-order chi connectivity index (χ0) is 15.3. The third kappa shape index (κ3) is 2.00. The molecule has 0 spiro atoms. The van der Waals surface area contributed by atoms with Crippen molar-refractivity contribution in [1.82, 2.24) is 0 Å². The number of hydrogen-bond acceptors (Lipinski definition) is 5. The van der Waals surface area contributed by atoms with Gasteiger partial charge in [-0.25, -0.2) is 0 Å². The predicted octanol–water partition coefficient (Wildman–Crippen LogP) is 1.73. The van der Waals surface area contributed by atoms with Crippen LogP contribution in [0.4, 0.5) is 0 Å². The third-order valence-electron chi connectivity index (χ3n) is 5.53. The molecule has 2 bridgehead atoms. The van der Waals surface area contributed by atoms with Gasteiger partial charge in [0.25, 0.3) is 0 Å². The van der Waals surface area contributed by atoms with Gasteiger partial charge >= 0.3 is 11.9 Å². The lowest BCUT2D eigenvalue weighted by molar-refractivity contribution is -0.166. The fourth-order valence-electron chi connectivity index (χ4n) is 4.24. The molecule has 0 aromatic carbocycles. The first-order valence-corrected chi connectivity index (χ1v) is 7.93. The molecule has 7 atom stereocenters. The molecule has 2 aliphatic carbocycles. The van der Waals surface area contributed by atoms with Gasteiger partial charge in [0.1, 0.15) is 18.0 Å². The van der Waals surface area contributed by atoms with Crippen LogP contribution in [0.1, 0.15) is 40.0 Å². The smallest absolute Gasteiger partial charge is 0.310 e. The highest BCUT2D eigenvalue weighted by atomic mass is 16.6. The number of fused-ring (bicyclic) bond motifs is 1. The normalized spacial score (nSPS) is 41.0. The van der Waals surface area contributed by atoms with Gasteiger partial charge in [-0.2, -0.15) is 0 Å². The fraction of sp³-hybridized carbons (Fsp3) is 0.812. The Morgan fingerprint density at radius 3 is 2.67 bits per heavy atom. The summed E-state index contributed by atoms with van der Waals surface area (Å²) in [6.07, 6.45) is 1.12. The third-order valence-corrected chi connectivity index (χ3v) is 5.53. The van der Waals surface area contributed by atoms with Crippen LogP contribution in [0, 0.1) is 29.6 Å². The lowest BCUT2D eigenvalue weighted by Crippen LogP contribution is -2.43. The first kappa shape index (κ1) is 14.5. The molecule has 0 aromatic rings. The van der Waals surface area contributed by atoms with Gasteiger partial charge in [-0.3, -0.25) is 14.4 Å². The molecule has 0 aromatic heterocycles. The minimum atomic E-state index is -0.431. The van der Waals surface area contributed by atoms with Crippen LogP contribution in [0.15, 0.2) is 0 Å². The van der Waals surface area contributed by atoms with E-state index in [-0.39, 0.29) is 53.4 Å². The second-order valence-electron chi connectivity index (χ2n) is 6.55. The van der Waals surface area contributed by atoms with Gasteiger partial charge < -0.3 is 9.47 Å². The molecule has 0 amide bonds. The molecule has 6 unspecified atom stereocenters. The van der Waals surface area contributed by atoms with E-state index < -0.39 is 6.10 Å². The predicted molar refractivity (Wildman–Crippen MR) is 73.1 cm³/mol. The van der Waals surface area contributed by atoms with Crippen LogP contribution in [0.5, 0.6) is 0 Å². The van der Waals surface area contributed by atoms with E-state index in [4.69, 9.17) is 9.47 Å². The number of carbonyl (C=O) groups is 3. The van der Waals surface area contributed by atoms with Crippen molar-refractivity contribution in [1.29, 1.82) is 0 Å². The van der Waals surface area contributed by atoms with E-state index in [1.165, 1.54) is 0 Å². The summed E-state index contributed by atoms with van der Waals surface area (Å²) in [7, 11) is 0. The minimum Gasteiger partial charge on any atom is -0.458 e. The second-order valence-corrected chi connectivity index (χ2v) is 6.55. The Labute approximate surface area is 124 Å². The van der Waals surface area contributed by atoms with E-state index in [1.54, 1.807) is 0 Å². The van der Waals surface area contributed by atoms with Crippen molar-refractivity contribution < 1.29 is 23.9 Å². The van der Waals surface area contributed by atoms with Crippen molar-refractivity contribution in [2.45, 2.75) is 52.2 Å². The van der Waals surface area contributed by atoms with Gasteiger partial charge in [0.2, 0.25) is 0 Å². The Morgan fingerprint density at radius 1 is 1.33 bits per heavy atom. The summed E-state index contributed by atoms with van der Waals surface area (Å²) >= 11 is 0. The molecule has 5 heteroatoms. The molecular weight excluding hydrogens is 272 g/mol. The SMILES string of the molecule is CCC(=O)C1C2CC3C(OC(=O)[C@H]31)C2OC(=O)C(C)CC. The summed E-state index contributed by atoms with van der Waals surface area (Å²) in [5, 5.41) is 0. The molecule has 1 saturated heterocycles. The van der Waals surface area contributed by atoms with Crippen LogP contribution >= 0.6 is 0 Å². The molecule has 1 aliphatic heterocycles. The second kappa shape index (κ2) is 5.11. The van der Waals surface area contributed by atoms with Crippen molar-refractivity contribution in [2.75, 3.05) is 0 Å². The number of hydrogen-bond donors (Lipinski definition) is 0. The van der Waals surface area contributed by atoms with Gasteiger partial charge in [0, 0.05) is 24.2 Å². The molecule has 2 saturated carbocycles. The molecule has 116 valence electrons. The van der Waals surface area contributed by atoms with Crippen molar-refractivity contribution in [3.63, 3.8) is 0 Å². The highest BCUT2D eigenvalue weighted by Gasteiger charge is 2.69. The van der Waals surface area contributed by atoms with Crippen molar-refractivity contribution in [3.05, 3.63) is 0 Å². The molecule has 3 fully saturated rings. The van der Waals surface area contributed by atoms with Crippen molar-refractivity contribution in [2.24, 2.45) is 29.6 Å². The molecule has 3 aliphatic rings. The molecular formula is C16H22O5. The first-order chi connectivity index (χ1) is 9.99. The summed E-state index contributed by atoms with van der Waals surface area (Å²) in [5.41, 5.74) is 0. The summed E-state index contributed by atoms with van der Waals surface area (Å²) < 4.78 is 11.1. The van der Waals surface area contributed by atoms with E-state index in [2.05, 4.69) is 0 Å².